The third kappa shape index (κ3) is 11.0. The maximum absolute atomic E-state index is 14.3. The number of benzene rings is 3. The Morgan fingerprint density at radius 2 is 1.36 bits per heavy atom. The SMILES string of the molecule is O=C1CC(C(=O)N2CCN(CCOCCO)CC2)C(=O)NC[C@@H](Cc2ccccc2)NC(=O)C(Cc2ccccc2)NC(=O)C(Cc2c[nH]c3ccccc23)N1. The van der Waals surface area contributed by atoms with Crippen LogP contribution in [0.1, 0.15) is 23.1 Å². The molecule has 0 saturated carbocycles. The molecule has 0 bridgehead atoms. The largest absolute Gasteiger partial charge is 0.394 e. The van der Waals surface area contributed by atoms with Gasteiger partial charge in [-0.3, -0.25) is 28.9 Å². The van der Waals surface area contributed by atoms with Gasteiger partial charge < -0.3 is 41.0 Å². The lowest BCUT2D eigenvalue weighted by atomic mass is 9.98. The molecule has 4 aromatic rings. The highest BCUT2D eigenvalue weighted by Gasteiger charge is 2.37. The van der Waals surface area contributed by atoms with Crippen molar-refractivity contribution in [2.75, 3.05) is 59.1 Å². The number of aromatic amines is 1. The van der Waals surface area contributed by atoms with Gasteiger partial charge in [0.15, 0.2) is 0 Å². The zero-order valence-corrected chi connectivity index (χ0v) is 31.5. The molecule has 1 aromatic heterocycles. The topological polar surface area (TPSA) is 185 Å². The Bertz CT molecular complexity index is 1930. The fourth-order valence-corrected chi connectivity index (χ4v) is 7.29. The fraction of sp³-hybridized carbons (Fsp3) is 0.405. The average molecular weight is 766 g/mol. The van der Waals surface area contributed by atoms with Crippen LogP contribution < -0.4 is 21.3 Å². The van der Waals surface area contributed by atoms with E-state index in [2.05, 4.69) is 31.2 Å². The molecule has 3 aromatic carbocycles. The van der Waals surface area contributed by atoms with Gasteiger partial charge in [0.2, 0.25) is 29.5 Å². The molecule has 6 N–H and O–H groups in total. The molecule has 2 saturated heterocycles. The van der Waals surface area contributed by atoms with Crippen LogP contribution in [0.25, 0.3) is 10.9 Å². The van der Waals surface area contributed by atoms with Crippen LogP contribution in [0.3, 0.4) is 0 Å². The minimum atomic E-state index is -1.37. The Hall–Kier alpha value is -5.57. The molecule has 2 fully saturated rings. The number of aromatic nitrogens is 1. The predicted molar refractivity (Wildman–Crippen MR) is 210 cm³/mol. The van der Waals surface area contributed by atoms with Crippen LogP contribution in [0.15, 0.2) is 91.1 Å². The number of nitrogens with one attached hydrogen (secondary N) is 5. The van der Waals surface area contributed by atoms with E-state index in [9.17, 15) is 24.0 Å². The van der Waals surface area contributed by atoms with Crippen LogP contribution in [-0.4, -0.2) is 127 Å². The van der Waals surface area contributed by atoms with E-state index in [4.69, 9.17) is 9.84 Å². The number of carbonyl (C=O) groups excluding carboxylic acids is 5. The van der Waals surface area contributed by atoms with Gasteiger partial charge in [0.05, 0.1) is 25.9 Å². The third-order valence-corrected chi connectivity index (χ3v) is 10.3. The van der Waals surface area contributed by atoms with Crippen molar-refractivity contribution in [3.63, 3.8) is 0 Å². The first-order valence-corrected chi connectivity index (χ1v) is 19.3. The minimum absolute atomic E-state index is 0.0122. The van der Waals surface area contributed by atoms with E-state index in [1.54, 1.807) is 11.1 Å². The van der Waals surface area contributed by atoms with Gasteiger partial charge in [-0.25, -0.2) is 0 Å². The molecule has 3 heterocycles. The molecule has 2 aliphatic heterocycles. The quantitative estimate of drug-likeness (QED) is 0.0910. The minimum Gasteiger partial charge on any atom is -0.394 e. The van der Waals surface area contributed by atoms with Gasteiger partial charge in [-0.2, -0.15) is 0 Å². The van der Waals surface area contributed by atoms with Crippen LogP contribution in [-0.2, 0) is 48.0 Å². The number of amides is 5. The molecule has 2 aliphatic rings. The fourth-order valence-electron chi connectivity index (χ4n) is 7.29. The molecule has 0 spiro atoms. The Labute approximate surface area is 326 Å². The molecular formula is C42H51N7O7. The van der Waals surface area contributed by atoms with E-state index in [0.717, 1.165) is 27.6 Å². The zero-order valence-electron chi connectivity index (χ0n) is 31.5. The highest BCUT2D eigenvalue weighted by atomic mass is 16.5. The van der Waals surface area contributed by atoms with Gasteiger partial charge in [0.1, 0.15) is 18.0 Å². The lowest BCUT2D eigenvalue weighted by molar-refractivity contribution is -0.146. The van der Waals surface area contributed by atoms with Crippen LogP contribution in [0.4, 0.5) is 0 Å². The van der Waals surface area contributed by atoms with Gasteiger partial charge in [-0.15, -0.1) is 0 Å². The van der Waals surface area contributed by atoms with Crippen molar-refractivity contribution in [1.82, 2.24) is 36.1 Å². The third-order valence-electron chi connectivity index (χ3n) is 10.3. The summed E-state index contributed by atoms with van der Waals surface area (Å²) in [5.41, 5.74) is 3.39. The number of H-pyrrole nitrogens is 1. The average Bonchev–Trinajstić information content (AvgIpc) is 3.63. The number of fused-ring (bicyclic) bond motifs is 1. The summed E-state index contributed by atoms with van der Waals surface area (Å²) < 4.78 is 5.39. The number of nitrogens with zero attached hydrogens (tertiary/aromatic N) is 2. The zero-order chi connectivity index (χ0) is 39.3. The van der Waals surface area contributed by atoms with E-state index in [-0.39, 0.29) is 32.6 Å². The summed E-state index contributed by atoms with van der Waals surface area (Å²) in [5, 5.41) is 21.6. The number of aliphatic hydroxyl groups excluding tert-OH is 1. The molecule has 3 unspecified atom stereocenters. The van der Waals surface area contributed by atoms with Crippen molar-refractivity contribution in [3.05, 3.63) is 108 Å². The summed E-state index contributed by atoms with van der Waals surface area (Å²) in [5.74, 6) is -4.13. The summed E-state index contributed by atoms with van der Waals surface area (Å²) in [6.07, 6.45) is 1.96. The molecule has 14 heteroatoms. The molecule has 6 rings (SSSR count). The maximum atomic E-state index is 14.3. The highest BCUT2D eigenvalue weighted by Crippen LogP contribution is 2.20. The van der Waals surface area contributed by atoms with Crippen molar-refractivity contribution >= 4 is 40.4 Å². The van der Waals surface area contributed by atoms with E-state index < -0.39 is 60.0 Å². The van der Waals surface area contributed by atoms with Crippen LogP contribution >= 0.6 is 0 Å². The van der Waals surface area contributed by atoms with Crippen molar-refractivity contribution < 1.29 is 33.8 Å². The van der Waals surface area contributed by atoms with Crippen LogP contribution in [0.2, 0.25) is 0 Å². The number of hydrogen-bond donors (Lipinski definition) is 6. The summed E-state index contributed by atoms with van der Waals surface area (Å²) >= 11 is 0. The smallest absolute Gasteiger partial charge is 0.243 e. The Morgan fingerprint density at radius 1 is 0.714 bits per heavy atom. The molecule has 0 radical (unpaired) electrons. The van der Waals surface area contributed by atoms with Crippen LogP contribution in [0, 0.1) is 5.92 Å². The molecule has 14 nitrogen and oxygen atoms in total. The van der Waals surface area contributed by atoms with Crippen molar-refractivity contribution in [1.29, 1.82) is 0 Å². The van der Waals surface area contributed by atoms with Gasteiger partial charge in [0, 0.05) is 75.6 Å². The Balaban J connectivity index is 1.27. The van der Waals surface area contributed by atoms with Gasteiger partial charge in [-0.1, -0.05) is 78.9 Å². The first-order valence-electron chi connectivity index (χ1n) is 19.3. The van der Waals surface area contributed by atoms with E-state index >= 15 is 0 Å². The number of carbonyl (C=O) groups is 5. The normalized spacial score (nSPS) is 21.8. The van der Waals surface area contributed by atoms with Gasteiger partial charge in [0.25, 0.3) is 0 Å². The summed E-state index contributed by atoms with van der Waals surface area (Å²) in [4.78, 5) is 77.5. The monoisotopic (exact) mass is 765 g/mol. The van der Waals surface area contributed by atoms with Gasteiger partial charge >= 0.3 is 0 Å². The first kappa shape index (κ1) is 40.1. The van der Waals surface area contributed by atoms with E-state index in [0.29, 0.717) is 45.8 Å². The first-order chi connectivity index (χ1) is 27.3. The number of rotatable bonds is 12. The molecular weight excluding hydrogens is 715 g/mol. The standard InChI is InChI=1S/C42H51N7O7/c50-20-22-56-21-19-48-15-17-49(18-16-48)42(55)34-26-38(51)46-37(25-31-27-43-35-14-8-7-13-33(31)35)41(54)47-36(24-30-11-5-2-6-12-30)40(53)45-32(28-44-39(34)52)23-29-9-3-1-4-10-29/h1-14,27,32,34,36-37,43,50H,15-26,28H2,(H,44,52)(H,45,53)(H,46,51)(H,47,54)/t32-,34?,36?,37?/m1/s1. The highest BCUT2D eigenvalue weighted by molar-refractivity contribution is 6.04. The molecule has 296 valence electrons. The Morgan fingerprint density at radius 3 is 2.07 bits per heavy atom. The van der Waals surface area contributed by atoms with Crippen molar-refractivity contribution in [3.8, 4) is 0 Å². The maximum Gasteiger partial charge on any atom is 0.243 e. The van der Waals surface area contributed by atoms with Gasteiger partial charge in [-0.05, 0) is 29.2 Å². The second-order valence-electron chi connectivity index (χ2n) is 14.3. The molecule has 4 atom stereocenters. The Kier molecular flexibility index (Phi) is 14.2. The predicted octanol–water partition coefficient (Wildman–Crippen LogP) is 0.939. The number of ether oxygens (including phenoxy) is 1. The van der Waals surface area contributed by atoms with E-state index in [1.807, 2.05) is 84.9 Å². The molecule has 5 amide bonds. The lowest BCUT2D eigenvalue weighted by Gasteiger charge is -2.36. The van der Waals surface area contributed by atoms with Crippen molar-refractivity contribution in [2.24, 2.45) is 5.92 Å². The number of piperazine rings is 1. The van der Waals surface area contributed by atoms with Crippen LogP contribution in [0.5, 0.6) is 0 Å². The lowest BCUT2D eigenvalue weighted by Crippen LogP contribution is -2.59. The molecule has 0 aliphatic carbocycles. The number of hydrogen-bond acceptors (Lipinski definition) is 8. The summed E-state index contributed by atoms with van der Waals surface area (Å²) in [6, 6.07) is 23.7. The number of para-hydroxylation sites is 1. The molecule has 56 heavy (non-hydrogen) atoms. The summed E-state index contributed by atoms with van der Waals surface area (Å²) in [6.45, 7) is 3.08. The van der Waals surface area contributed by atoms with E-state index in [1.165, 1.54) is 0 Å². The van der Waals surface area contributed by atoms with Crippen molar-refractivity contribution in [2.45, 2.75) is 43.8 Å². The summed E-state index contributed by atoms with van der Waals surface area (Å²) in [7, 11) is 0. The second kappa shape index (κ2) is 19.8. The number of aliphatic hydroxyl groups is 1. The second-order valence-corrected chi connectivity index (χ2v) is 14.3.